The molecule has 0 spiro atoms. The third kappa shape index (κ3) is 2.30. The quantitative estimate of drug-likeness (QED) is 0.789. The minimum absolute atomic E-state index is 0.0708. The van der Waals surface area contributed by atoms with Crippen LogP contribution in [0.4, 0.5) is 0 Å². The largest absolute Gasteiger partial charge is 0.355 e. The smallest absolute Gasteiger partial charge is 0.233 e. The highest BCUT2D eigenvalue weighted by Gasteiger charge is 2.24. The Bertz CT molecular complexity index is 810. The topological polar surface area (TPSA) is 59.3 Å². The molecule has 3 aromatic rings. The number of fused-ring (bicyclic) bond motifs is 3. The highest BCUT2D eigenvalue weighted by Crippen LogP contribution is 2.32. The van der Waals surface area contributed by atoms with E-state index in [1.807, 2.05) is 12.1 Å². The summed E-state index contributed by atoms with van der Waals surface area (Å²) in [6.07, 6.45) is 3.02. The number of thioether (sulfide) groups is 1. The van der Waals surface area contributed by atoms with E-state index in [0.29, 0.717) is 0 Å². The van der Waals surface area contributed by atoms with Crippen molar-refractivity contribution in [2.45, 2.75) is 29.7 Å². The van der Waals surface area contributed by atoms with Crippen molar-refractivity contribution in [2.75, 3.05) is 6.54 Å². The van der Waals surface area contributed by atoms with Crippen LogP contribution >= 0.6 is 23.1 Å². The molecule has 0 aliphatic carbocycles. The van der Waals surface area contributed by atoms with E-state index in [-0.39, 0.29) is 11.2 Å². The van der Waals surface area contributed by atoms with E-state index >= 15 is 0 Å². The fourth-order valence-corrected chi connectivity index (χ4v) is 4.71. The minimum Gasteiger partial charge on any atom is -0.355 e. The number of aromatic nitrogens is 3. The van der Waals surface area contributed by atoms with Crippen molar-refractivity contribution in [2.24, 2.45) is 0 Å². The molecule has 0 saturated carbocycles. The van der Waals surface area contributed by atoms with Crippen LogP contribution < -0.4 is 5.32 Å². The standard InChI is InChI=1S/C14H14N4OS2/c19-12-11(7-3-4-8-15-12)21-14-17-16-13-18(14)9-5-1-2-6-10(9)20-13/h1-2,5-6,11H,3-4,7-8H2,(H,15,19)/t11-/m1/s1. The van der Waals surface area contributed by atoms with Gasteiger partial charge in [0, 0.05) is 6.54 Å². The summed E-state index contributed by atoms with van der Waals surface area (Å²) < 4.78 is 3.25. The molecule has 0 radical (unpaired) electrons. The predicted molar refractivity (Wildman–Crippen MR) is 84.9 cm³/mol. The van der Waals surface area contributed by atoms with Crippen molar-refractivity contribution < 1.29 is 4.79 Å². The molecule has 7 heteroatoms. The number of nitrogens with one attached hydrogen (secondary N) is 1. The molecule has 1 atom stereocenters. The zero-order valence-corrected chi connectivity index (χ0v) is 12.9. The van der Waals surface area contributed by atoms with Crippen LogP contribution in [-0.4, -0.2) is 32.3 Å². The summed E-state index contributed by atoms with van der Waals surface area (Å²) in [7, 11) is 0. The monoisotopic (exact) mass is 318 g/mol. The number of hydrogen-bond acceptors (Lipinski definition) is 5. The van der Waals surface area contributed by atoms with E-state index in [2.05, 4.69) is 32.0 Å². The summed E-state index contributed by atoms with van der Waals surface area (Å²) in [6, 6.07) is 8.19. The van der Waals surface area contributed by atoms with Gasteiger partial charge in [-0.15, -0.1) is 10.2 Å². The molecule has 0 bridgehead atoms. The lowest BCUT2D eigenvalue weighted by Crippen LogP contribution is -2.30. The molecule has 1 aliphatic rings. The third-order valence-electron chi connectivity index (χ3n) is 3.64. The Morgan fingerprint density at radius 2 is 2.19 bits per heavy atom. The molecule has 3 heterocycles. The summed E-state index contributed by atoms with van der Waals surface area (Å²) in [6.45, 7) is 0.784. The Balaban J connectivity index is 1.74. The zero-order valence-electron chi connectivity index (χ0n) is 11.3. The van der Waals surface area contributed by atoms with Crippen LogP contribution in [0.25, 0.3) is 15.2 Å². The van der Waals surface area contributed by atoms with Crippen LogP contribution in [0.1, 0.15) is 19.3 Å². The highest BCUT2D eigenvalue weighted by molar-refractivity contribution is 8.00. The van der Waals surface area contributed by atoms with Crippen LogP contribution in [0.15, 0.2) is 29.4 Å². The Labute approximate surface area is 129 Å². The Morgan fingerprint density at radius 3 is 3.14 bits per heavy atom. The highest BCUT2D eigenvalue weighted by atomic mass is 32.2. The number of thiazole rings is 1. The van der Waals surface area contributed by atoms with Crippen LogP contribution in [0.2, 0.25) is 0 Å². The number of benzene rings is 1. The lowest BCUT2D eigenvalue weighted by molar-refractivity contribution is -0.120. The van der Waals surface area contributed by atoms with Crippen molar-refractivity contribution >= 4 is 44.2 Å². The van der Waals surface area contributed by atoms with E-state index in [4.69, 9.17) is 0 Å². The van der Waals surface area contributed by atoms with E-state index < -0.39 is 0 Å². The van der Waals surface area contributed by atoms with Gasteiger partial charge in [-0.2, -0.15) is 0 Å². The lowest BCUT2D eigenvalue weighted by Gasteiger charge is -2.10. The van der Waals surface area contributed by atoms with Gasteiger partial charge in [-0.3, -0.25) is 9.20 Å². The van der Waals surface area contributed by atoms with Crippen molar-refractivity contribution in [3.05, 3.63) is 24.3 Å². The maximum atomic E-state index is 12.1. The van der Waals surface area contributed by atoms with Gasteiger partial charge in [0.1, 0.15) is 0 Å². The normalized spacial score (nSPS) is 19.8. The number of rotatable bonds is 2. The number of hydrogen-bond donors (Lipinski definition) is 1. The van der Waals surface area contributed by atoms with Crippen molar-refractivity contribution in [3.8, 4) is 0 Å². The van der Waals surface area contributed by atoms with Crippen molar-refractivity contribution in [3.63, 3.8) is 0 Å². The summed E-state index contributed by atoms with van der Waals surface area (Å²) in [4.78, 5) is 13.0. The third-order valence-corrected chi connectivity index (χ3v) is 5.86. The number of para-hydroxylation sites is 1. The first-order valence-electron chi connectivity index (χ1n) is 7.00. The maximum Gasteiger partial charge on any atom is 0.233 e. The summed E-state index contributed by atoms with van der Waals surface area (Å²) >= 11 is 3.15. The molecule has 1 fully saturated rings. The van der Waals surface area contributed by atoms with Crippen LogP contribution in [0.3, 0.4) is 0 Å². The van der Waals surface area contributed by atoms with Crippen LogP contribution in [0.5, 0.6) is 0 Å². The molecule has 108 valence electrons. The van der Waals surface area contributed by atoms with Gasteiger partial charge in [-0.1, -0.05) is 41.7 Å². The van der Waals surface area contributed by atoms with Gasteiger partial charge in [0.15, 0.2) is 5.16 Å². The molecule has 1 N–H and O–H groups in total. The molecule has 4 rings (SSSR count). The molecule has 0 unspecified atom stereocenters. The average molecular weight is 318 g/mol. The van der Waals surface area contributed by atoms with Crippen molar-refractivity contribution in [1.29, 1.82) is 0 Å². The fraction of sp³-hybridized carbons (Fsp3) is 0.357. The zero-order chi connectivity index (χ0) is 14.2. The van der Waals surface area contributed by atoms with Gasteiger partial charge in [0.25, 0.3) is 0 Å². The second-order valence-electron chi connectivity index (χ2n) is 5.06. The van der Waals surface area contributed by atoms with E-state index in [1.165, 1.54) is 16.5 Å². The van der Waals surface area contributed by atoms with Gasteiger partial charge in [-0.25, -0.2) is 0 Å². The Kier molecular flexibility index (Phi) is 3.31. The Hall–Kier alpha value is -1.60. The molecule has 5 nitrogen and oxygen atoms in total. The maximum absolute atomic E-state index is 12.1. The van der Waals surface area contributed by atoms with Gasteiger partial charge in [0.05, 0.1) is 15.5 Å². The van der Waals surface area contributed by atoms with Gasteiger partial charge in [0.2, 0.25) is 10.9 Å². The van der Waals surface area contributed by atoms with Gasteiger partial charge in [-0.05, 0) is 25.0 Å². The van der Waals surface area contributed by atoms with Crippen molar-refractivity contribution in [1.82, 2.24) is 19.9 Å². The predicted octanol–water partition coefficient (Wildman–Crippen LogP) is 2.70. The molecule has 1 aromatic carbocycles. The number of carbonyl (C=O) groups excluding carboxylic acids is 1. The van der Waals surface area contributed by atoms with E-state index in [1.54, 1.807) is 11.3 Å². The second kappa shape index (κ2) is 5.31. The molecule has 2 aromatic heterocycles. The SMILES string of the molecule is O=C1NCCCC[C@H]1Sc1nnc2sc3ccccc3n12. The molecule has 1 aliphatic heterocycles. The van der Waals surface area contributed by atoms with Crippen LogP contribution in [-0.2, 0) is 4.79 Å². The van der Waals surface area contributed by atoms with Gasteiger partial charge < -0.3 is 5.32 Å². The lowest BCUT2D eigenvalue weighted by atomic mass is 10.2. The first kappa shape index (κ1) is 13.1. The first-order valence-corrected chi connectivity index (χ1v) is 8.69. The van der Waals surface area contributed by atoms with E-state index in [0.717, 1.165) is 41.4 Å². The van der Waals surface area contributed by atoms with Crippen LogP contribution in [0, 0.1) is 0 Å². The summed E-state index contributed by atoms with van der Waals surface area (Å²) in [5, 5.41) is 12.2. The second-order valence-corrected chi connectivity index (χ2v) is 7.24. The Morgan fingerprint density at radius 1 is 1.29 bits per heavy atom. The molecule has 1 saturated heterocycles. The molecular weight excluding hydrogens is 304 g/mol. The average Bonchev–Trinajstić information content (AvgIpc) is 2.98. The fourth-order valence-electron chi connectivity index (χ4n) is 2.58. The molecule has 1 amide bonds. The summed E-state index contributed by atoms with van der Waals surface area (Å²) in [5.41, 5.74) is 1.11. The molecule has 21 heavy (non-hydrogen) atoms. The number of carbonyl (C=O) groups is 1. The first-order chi connectivity index (χ1) is 10.3. The van der Waals surface area contributed by atoms with E-state index in [9.17, 15) is 4.79 Å². The van der Waals surface area contributed by atoms with Gasteiger partial charge >= 0.3 is 0 Å². The molecular formula is C14H14N4OS2. The number of amides is 1. The number of nitrogens with zero attached hydrogens (tertiary/aromatic N) is 3. The minimum atomic E-state index is -0.0708. The summed E-state index contributed by atoms with van der Waals surface area (Å²) in [5.74, 6) is 0.119.